The van der Waals surface area contributed by atoms with Gasteiger partial charge in [0.1, 0.15) is 11.6 Å². The van der Waals surface area contributed by atoms with Crippen LogP contribution < -0.4 is 4.68 Å². The number of nitrogens with zero attached hydrogens (tertiary/aromatic N) is 6. The van der Waals surface area contributed by atoms with Crippen LogP contribution in [-0.2, 0) is 13.6 Å². The molecule has 98 valence electrons. The summed E-state index contributed by atoms with van der Waals surface area (Å²) in [6, 6.07) is 0. The van der Waals surface area contributed by atoms with E-state index in [1.165, 1.54) is 0 Å². The average molecular weight is 251 g/mol. The van der Waals surface area contributed by atoms with Crippen LogP contribution in [0.25, 0.3) is 0 Å². The first-order valence-electron chi connectivity index (χ1n) is 6.09. The molecular formula is C11H19N6O+. The lowest BCUT2D eigenvalue weighted by molar-refractivity contribution is -0.766. The molecule has 0 aromatic carbocycles. The van der Waals surface area contributed by atoms with Gasteiger partial charge < -0.3 is 4.52 Å². The van der Waals surface area contributed by atoms with Gasteiger partial charge in [-0.2, -0.15) is 9.67 Å². The van der Waals surface area contributed by atoms with Gasteiger partial charge in [-0.3, -0.25) is 0 Å². The molecule has 0 bridgehead atoms. The van der Waals surface area contributed by atoms with E-state index in [1.54, 1.807) is 0 Å². The maximum absolute atomic E-state index is 5.16. The number of hydrogen-bond donors (Lipinski definition) is 0. The zero-order chi connectivity index (χ0) is 13.3. The third-order valence-electron chi connectivity index (χ3n) is 2.85. The fraction of sp³-hybridized carbons (Fsp3) is 0.727. The summed E-state index contributed by atoms with van der Waals surface area (Å²) in [6.45, 7) is 8.70. The minimum absolute atomic E-state index is 0.110. The molecule has 0 radical (unpaired) electrons. The van der Waals surface area contributed by atoms with Crippen LogP contribution in [0.4, 0.5) is 0 Å². The van der Waals surface area contributed by atoms with Crippen molar-refractivity contribution in [2.75, 3.05) is 0 Å². The van der Waals surface area contributed by atoms with E-state index in [2.05, 4.69) is 34.3 Å². The molecule has 0 aliphatic rings. The van der Waals surface area contributed by atoms with E-state index < -0.39 is 0 Å². The van der Waals surface area contributed by atoms with Crippen LogP contribution in [-0.4, -0.2) is 25.2 Å². The molecule has 2 aromatic rings. The summed E-state index contributed by atoms with van der Waals surface area (Å²) in [7, 11) is 1.96. The van der Waals surface area contributed by atoms with E-state index in [4.69, 9.17) is 4.52 Å². The van der Waals surface area contributed by atoms with E-state index in [0.29, 0.717) is 24.2 Å². The highest BCUT2D eigenvalue weighted by molar-refractivity contribution is 4.89. The Hall–Kier alpha value is -1.79. The highest BCUT2D eigenvalue weighted by Gasteiger charge is 2.23. The van der Waals surface area contributed by atoms with Crippen molar-refractivity contribution in [1.82, 2.24) is 25.2 Å². The Labute approximate surface area is 106 Å². The fourth-order valence-electron chi connectivity index (χ4n) is 1.82. The summed E-state index contributed by atoms with van der Waals surface area (Å²) in [5, 5.41) is 12.1. The first kappa shape index (κ1) is 12.7. The summed E-state index contributed by atoms with van der Waals surface area (Å²) in [4.78, 5) is 6.05. The summed E-state index contributed by atoms with van der Waals surface area (Å²) in [5.41, 5.74) is 0. The molecule has 1 unspecified atom stereocenters. The number of aryl methyl sites for hydroxylation is 1. The highest BCUT2D eigenvalue weighted by atomic mass is 16.5. The lowest BCUT2D eigenvalue weighted by Gasteiger charge is -2.04. The second-order valence-electron chi connectivity index (χ2n) is 4.86. The van der Waals surface area contributed by atoms with Gasteiger partial charge in [0.25, 0.3) is 0 Å². The smallest absolute Gasteiger partial charge is 0.303 e. The van der Waals surface area contributed by atoms with Gasteiger partial charge >= 0.3 is 5.82 Å². The van der Waals surface area contributed by atoms with Gasteiger partial charge in [0.15, 0.2) is 11.0 Å². The van der Waals surface area contributed by atoms with Crippen molar-refractivity contribution in [2.45, 2.75) is 46.1 Å². The van der Waals surface area contributed by atoms with Crippen LogP contribution in [0.5, 0.6) is 0 Å². The highest BCUT2D eigenvalue weighted by Crippen LogP contribution is 2.14. The maximum Gasteiger partial charge on any atom is 0.303 e. The molecule has 18 heavy (non-hydrogen) atoms. The van der Waals surface area contributed by atoms with E-state index >= 15 is 0 Å². The van der Waals surface area contributed by atoms with Gasteiger partial charge in [0.2, 0.25) is 5.89 Å². The summed E-state index contributed by atoms with van der Waals surface area (Å²) in [6.07, 6.45) is 0. The largest absolute Gasteiger partial charge is 0.339 e. The first-order chi connectivity index (χ1) is 8.49. The molecule has 0 fully saturated rings. The molecule has 0 N–H and O–H groups in total. The molecule has 7 heteroatoms. The van der Waals surface area contributed by atoms with Gasteiger partial charge in [-0.15, -0.1) is 0 Å². The van der Waals surface area contributed by atoms with Gasteiger partial charge in [-0.05, 0) is 6.92 Å². The topological polar surface area (TPSA) is 73.5 Å². The molecule has 2 heterocycles. The molecule has 7 nitrogen and oxygen atoms in total. The second-order valence-corrected chi connectivity index (χ2v) is 4.86. The summed E-state index contributed by atoms with van der Waals surface area (Å²) < 4.78 is 7.12. The second kappa shape index (κ2) is 4.83. The van der Waals surface area contributed by atoms with Crippen molar-refractivity contribution in [3.8, 4) is 0 Å². The Morgan fingerprint density at radius 3 is 2.56 bits per heavy atom. The zero-order valence-electron chi connectivity index (χ0n) is 11.5. The molecule has 0 aliphatic carbocycles. The Kier molecular flexibility index (Phi) is 3.40. The van der Waals surface area contributed by atoms with Crippen LogP contribution >= 0.6 is 0 Å². The minimum Gasteiger partial charge on any atom is -0.339 e. The molecule has 2 aromatic heterocycles. The molecule has 0 saturated carbocycles. The standard InChI is InChI=1S/C11H19N6O/c1-7(2)10-13-15-17(16(10)5)6-8(3)11-12-9(4)14-18-11/h7-8H,6H2,1-5H3/q+1. The molecular weight excluding hydrogens is 232 g/mol. The first-order valence-corrected chi connectivity index (χ1v) is 6.09. The quantitative estimate of drug-likeness (QED) is 0.749. The maximum atomic E-state index is 5.16. The van der Waals surface area contributed by atoms with E-state index in [-0.39, 0.29) is 5.92 Å². The van der Waals surface area contributed by atoms with Crippen molar-refractivity contribution in [2.24, 2.45) is 7.05 Å². The van der Waals surface area contributed by atoms with E-state index in [0.717, 1.165) is 5.82 Å². The minimum atomic E-state index is 0.110. The van der Waals surface area contributed by atoms with Gasteiger partial charge in [-0.1, -0.05) is 30.7 Å². The lowest BCUT2D eigenvalue weighted by Crippen LogP contribution is -2.44. The van der Waals surface area contributed by atoms with Crippen molar-refractivity contribution < 1.29 is 9.20 Å². The Morgan fingerprint density at radius 1 is 1.33 bits per heavy atom. The van der Waals surface area contributed by atoms with Crippen molar-refractivity contribution >= 4 is 0 Å². The number of rotatable bonds is 4. The van der Waals surface area contributed by atoms with Crippen LogP contribution in [0.15, 0.2) is 4.52 Å². The molecule has 2 rings (SSSR count). The van der Waals surface area contributed by atoms with Gasteiger partial charge in [0, 0.05) is 5.92 Å². The molecule has 0 aliphatic heterocycles. The average Bonchev–Trinajstić information content (AvgIpc) is 2.86. The third kappa shape index (κ3) is 2.39. The van der Waals surface area contributed by atoms with E-state index in [1.807, 2.05) is 30.4 Å². The Bertz CT molecular complexity index is 529. The predicted molar refractivity (Wildman–Crippen MR) is 62.7 cm³/mol. The monoisotopic (exact) mass is 251 g/mol. The van der Waals surface area contributed by atoms with Crippen LogP contribution in [0.1, 0.15) is 50.1 Å². The lowest BCUT2D eigenvalue weighted by atomic mass is 10.2. The van der Waals surface area contributed by atoms with Crippen molar-refractivity contribution in [1.29, 1.82) is 0 Å². The van der Waals surface area contributed by atoms with Crippen LogP contribution in [0, 0.1) is 6.92 Å². The van der Waals surface area contributed by atoms with E-state index in [9.17, 15) is 0 Å². The molecule has 0 amide bonds. The third-order valence-corrected chi connectivity index (χ3v) is 2.85. The Morgan fingerprint density at radius 2 is 2.06 bits per heavy atom. The fourth-order valence-corrected chi connectivity index (χ4v) is 1.82. The van der Waals surface area contributed by atoms with Gasteiger partial charge in [0.05, 0.1) is 13.0 Å². The number of aromatic nitrogens is 6. The van der Waals surface area contributed by atoms with Gasteiger partial charge in [-0.25, -0.2) is 0 Å². The summed E-state index contributed by atoms with van der Waals surface area (Å²) in [5.74, 6) is 2.71. The molecule has 0 saturated heterocycles. The van der Waals surface area contributed by atoms with Crippen LogP contribution in [0.3, 0.4) is 0 Å². The van der Waals surface area contributed by atoms with Crippen molar-refractivity contribution in [3.05, 3.63) is 17.5 Å². The van der Waals surface area contributed by atoms with Crippen molar-refractivity contribution in [3.63, 3.8) is 0 Å². The molecule has 0 spiro atoms. The number of hydrogen-bond acceptors (Lipinski definition) is 5. The zero-order valence-corrected chi connectivity index (χ0v) is 11.5. The summed E-state index contributed by atoms with van der Waals surface area (Å²) >= 11 is 0. The van der Waals surface area contributed by atoms with Crippen LogP contribution in [0.2, 0.25) is 0 Å². The predicted octanol–water partition coefficient (Wildman–Crippen LogP) is 0.721. The normalized spacial score (nSPS) is 13.2. The SMILES string of the molecule is Cc1noc(C(C)Cn2nnc(C(C)C)[n+]2C)n1. The molecule has 1 atom stereocenters. The Balaban J connectivity index is 2.14. The number of tetrazole rings is 1.